The van der Waals surface area contributed by atoms with Gasteiger partial charge in [-0.2, -0.15) is 0 Å². The zero-order valence-electron chi connectivity index (χ0n) is 5.96. The largest absolute Gasteiger partial charge is 0.506 e. The summed E-state index contributed by atoms with van der Waals surface area (Å²) in [4.78, 5) is 3.87. The first kappa shape index (κ1) is 6.86. The topological polar surface area (TPSA) is 42.4 Å². The first-order valence-electron chi connectivity index (χ1n) is 2.93. The maximum atomic E-state index is 8.93. The second-order valence-corrected chi connectivity index (χ2v) is 1.98. The van der Waals surface area contributed by atoms with Crippen LogP contribution >= 0.6 is 0 Å². The van der Waals surface area contributed by atoms with Crippen LogP contribution in [0.3, 0.4) is 0 Å². The molecule has 1 aromatic rings. The van der Waals surface area contributed by atoms with Gasteiger partial charge in [0.05, 0.1) is 19.0 Å². The van der Waals surface area contributed by atoms with Crippen LogP contribution in [0.15, 0.2) is 12.3 Å². The van der Waals surface area contributed by atoms with E-state index < -0.39 is 0 Å². The predicted octanol–water partition coefficient (Wildman–Crippen LogP) is 1.10. The number of rotatable bonds is 1. The summed E-state index contributed by atoms with van der Waals surface area (Å²) in [7, 11) is 1.55. The minimum absolute atomic E-state index is 0.127. The summed E-state index contributed by atoms with van der Waals surface area (Å²) in [5, 5.41) is 8.93. The van der Waals surface area contributed by atoms with Gasteiger partial charge in [-0.15, -0.1) is 0 Å². The van der Waals surface area contributed by atoms with E-state index in [9.17, 15) is 0 Å². The Morgan fingerprint density at radius 2 is 2.30 bits per heavy atom. The van der Waals surface area contributed by atoms with E-state index in [4.69, 9.17) is 9.84 Å². The van der Waals surface area contributed by atoms with E-state index in [1.54, 1.807) is 7.11 Å². The van der Waals surface area contributed by atoms with E-state index in [0.29, 0.717) is 5.75 Å². The van der Waals surface area contributed by atoms with Gasteiger partial charge >= 0.3 is 0 Å². The second kappa shape index (κ2) is 2.56. The van der Waals surface area contributed by atoms with Crippen LogP contribution in [-0.2, 0) is 0 Å². The van der Waals surface area contributed by atoms with Crippen molar-refractivity contribution >= 4 is 0 Å². The molecule has 10 heavy (non-hydrogen) atoms. The van der Waals surface area contributed by atoms with Crippen LogP contribution in [0.1, 0.15) is 5.69 Å². The average molecular weight is 139 g/mol. The van der Waals surface area contributed by atoms with Crippen LogP contribution in [0.25, 0.3) is 0 Å². The number of aromatic nitrogens is 1. The van der Waals surface area contributed by atoms with Crippen molar-refractivity contribution in [3.05, 3.63) is 18.0 Å². The Kier molecular flexibility index (Phi) is 1.76. The molecule has 1 aromatic heterocycles. The Morgan fingerprint density at radius 3 is 2.80 bits per heavy atom. The fourth-order valence-corrected chi connectivity index (χ4v) is 0.709. The molecular formula is C7H9NO2. The highest BCUT2D eigenvalue weighted by Gasteiger charge is 1.98. The molecule has 0 aromatic carbocycles. The third-order valence-electron chi connectivity index (χ3n) is 1.25. The van der Waals surface area contributed by atoms with Gasteiger partial charge in [0.15, 0.2) is 0 Å². The number of pyridine rings is 1. The molecule has 0 unspecified atom stereocenters. The lowest BCUT2D eigenvalue weighted by Gasteiger charge is -2.01. The standard InChI is InChI=1S/C7H9NO2/c1-5-7(10-2)3-6(9)4-8-5/h3-4,9H,1-2H3. The highest BCUT2D eigenvalue weighted by Crippen LogP contribution is 2.19. The number of nitrogens with zero attached hydrogens (tertiary/aromatic N) is 1. The first-order chi connectivity index (χ1) is 4.74. The molecule has 1 N–H and O–H groups in total. The highest BCUT2D eigenvalue weighted by atomic mass is 16.5. The third kappa shape index (κ3) is 1.18. The van der Waals surface area contributed by atoms with Crippen molar-refractivity contribution < 1.29 is 9.84 Å². The summed E-state index contributed by atoms with van der Waals surface area (Å²) in [6.07, 6.45) is 1.39. The van der Waals surface area contributed by atoms with Crippen molar-refractivity contribution in [1.29, 1.82) is 0 Å². The minimum atomic E-state index is 0.127. The second-order valence-electron chi connectivity index (χ2n) is 1.98. The van der Waals surface area contributed by atoms with Crippen molar-refractivity contribution in [2.45, 2.75) is 6.92 Å². The summed E-state index contributed by atoms with van der Waals surface area (Å²) in [6.45, 7) is 1.82. The van der Waals surface area contributed by atoms with E-state index in [0.717, 1.165) is 5.69 Å². The zero-order valence-corrected chi connectivity index (χ0v) is 5.96. The fraction of sp³-hybridized carbons (Fsp3) is 0.286. The summed E-state index contributed by atoms with van der Waals surface area (Å²) < 4.78 is 4.90. The molecule has 0 radical (unpaired) electrons. The Balaban J connectivity index is 3.09. The summed E-state index contributed by atoms with van der Waals surface area (Å²) >= 11 is 0. The van der Waals surface area contributed by atoms with Gasteiger partial charge < -0.3 is 9.84 Å². The molecule has 0 saturated heterocycles. The van der Waals surface area contributed by atoms with Crippen molar-refractivity contribution in [1.82, 2.24) is 4.98 Å². The van der Waals surface area contributed by atoms with Gasteiger partial charge in [0.25, 0.3) is 0 Å². The summed E-state index contributed by atoms with van der Waals surface area (Å²) in [6, 6.07) is 1.53. The Bertz CT molecular complexity index is 235. The Morgan fingerprint density at radius 1 is 1.60 bits per heavy atom. The average Bonchev–Trinajstić information content (AvgIpc) is 1.94. The van der Waals surface area contributed by atoms with Crippen molar-refractivity contribution in [2.24, 2.45) is 0 Å². The molecule has 0 saturated carbocycles. The van der Waals surface area contributed by atoms with E-state index in [1.165, 1.54) is 12.3 Å². The molecule has 3 nitrogen and oxygen atoms in total. The quantitative estimate of drug-likeness (QED) is 0.633. The van der Waals surface area contributed by atoms with Gasteiger partial charge in [-0.25, -0.2) is 0 Å². The molecule has 1 heterocycles. The van der Waals surface area contributed by atoms with E-state index in [1.807, 2.05) is 6.92 Å². The number of aryl methyl sites for hydroxylation is 1. The Labute approximate surface area is 59.3 Å². The monoisotopic (exact) mass is 139 g/mol. The molecular weight excluding hydrogens is 130 g/mol. The fourth-order valence-electron chi connectivity index (χ4n) is 0.709. The molecule has 0 aliphatic carbocycles. The molecule has 0 aliphatic rings. The highest BCUT2D eigenvalue weighted by molar-refractivity contribution is 5.32. The van der Waals surface area contributed by atoms with Crippen LogP contribution in [0.2, 0.25) is 0 Å². The van der Waals surface area contributed by atoms with Crippen LogP contribution < -0.4 is 4.74 Å². The van der Waals surface area contributed by atoms with Crippen LogP contribution in [0.4, 0.5) is 0 Å². The molecule has 0 bridgehead atoms. The van der Waals surface area contributed by atoms with E-state index in [-0.39, 0.29) is 5.75 Å². The van der Waals surface area contributed by atoms with Gasteiger partial charge in [0, 0.05) is 6.07 Å². The van der Waals surface area contributed by atoms with Crippen LogP contribution in [0, 0.1) is 6.92 Å². The Hall–Kier alpha value is -1.25. The van der Waals surface area contributed by atoms with Crippen molar-refractivity contribution in [3.63, 3.8) is 0 Å². The SMILES string of the molecule is COc1cc(O)cnc1C. The van der Waals surface area contributed by atoms with Gasteiger partial charge in [-0.3, -0.25) is 4.98 Å². The molecule has 54 valence electrons. The van der Waals surface area contributed by atoms with Crippen molar-refractivity contribution in [3.8, 4) is 11.5 Å². The molecule has 0 aliphatic heterocycles. The van der Waals surface area contributed by atoms with Crippen molar-refractivity contribution in [2.75, 3.05) is 7.11 Å². The predicted molar refractivity (Wildman–Crippen MR) is 37.2 cm³/mol. The van der Waals surface area contributed by atoms with Crippen LogP contribution in [0.5, 0.6) is 11.5 Å². The smallest absolute Gasteiger partial charge is 0.143 e. The normalized spacial score (nSPS) is 9.40. The molecule has 1 rings (SSSR count). The van der Waals surface area contributed by atoms with Gasteiger partial charge in [0.2, 0.25) is 0 Å². The number of hydrogen-bond donors (Lipinski definition) is 1. The maximum Gasteiger partial charge on any atom is 0.143 e. The lowest BCUT2D eigenvalue weighted by Crippen LogP contribution is -1.88. The number of aromatic hydroxyl groups is 1. The van der Waals surface area contributed by atoms with E-state index >= 15 is 0 Å². The number of hydrogen-bond acceptors (Lipinski definition) is 3. The van der Waals surface area contributed by atoms with E-state index in [2.05, 4.69) is 4.98 Å². The summed E-state index contributed by atoms with van der Waals surface area (Å²) in [5.41, 5.74) is 0.778. The molecule has 0 amide bonds. The molecule has 0 fully saturated rings. The lowest BCUT2D eigenvalue weighted by molar-refractivity contribution is 0.401. The third-order valence-corrected chi connectivity index (χ3v) is 1.25. The number of ether oxygens (including phenoxy) is 1. The lowest BCUT2D eigenvalue weighted by atomic mass is 10.3. The molecule has 3 heteroatoms. The molecule has 0 spiro atoms. The molecule has 0 atom stereocenters. The van der Waals surface area contributed by atoms with Crippen LogP contribution in [-0.4, -0.2) is 17.2 Å². The number of methoxy groups -OCH3 is 1. The zero-order chi connectivity index (χ0) is 7.56. The minimum Gasteiger partial charge on any atom is -0.506 e. The van der Waals surface area contributed by atoms with Gasteiger partial charge in [-0.05, 0) is 6.92 Å². The van der Waals surface area contributed by atoms with Gasteiger partial charge in [0.1, 0.15) is 11.5 Å². The van der Waals surface area contributed by atoms with Gasteiger partial charge in [-0.1, -0.05) is 0 Å². The first-order valence-corrected chi connectivity index (χ1v) is 2.93. The maximum absolute atomic E-state index is 8.93. The summed E-state index contributed by atoms with van der Waals surface area (Å²) in [5.74, 6) is 0.738.